The van der Waals surface area contributed by atoms with Crippen molar-refractivity contribution in [2.24, 2.45) is 0 Å². The minimum absolute atomic E-state index is 0.237. The number of aromatic nitrogens is 2. The van der Waals surface area contributed by atoms with Gasteiger partial charge in [0.1, 0.15) is 0 Å². The second-order valence-corrected chi connectivity index (χ2v) is 5.06. The first kappa shape index (κ1) is 13.4. The zero-order valence-corrected chi connectivity index (χ0v) is 12.5. The van der Waals surface area contributed by atoms with Gasteiger partial charge >= 0.3 is 0 Å². The largest absolute Gasteiger partial charge is 0.472 e. The number of nitrogens with one attached hydrogen (secondary N) is 1. The number of aryl methyl sites for hydroxylation is 2. The fourth-order valence-electron chi connectivity index (χ4n) is 2.12. The molecule has 0 aliphatic heterocycles. The maximum atomic E-state index is 5.15. The van der Waals surface area contributed by atoms with Gasteiger partial charge in [-0.25, -0.2) is 0 Å². The third kappa shape index (κ3) is 2.52. The first-order chi connectivity index (χ1) is 8.67. The van der Waals surface area contributed by atoms with E-state index in [1.807, 2.05) is 24.7 Å². The van der Waals surface area contributed by atoms with Crippen molar-refractivity contribution in [1.29, 1.82) is 0 Å². The number of halogens is 1. The van der Waals surface area contributed by atoms with Crippen molar-refractivity contribution in [3.8, 4) is 0 Å². The fourth-order valence-corrected chi connectivity index (χ4v) is 2.56. The van der Waals surface area contributed by atoms with Gasteiger partial charge in [-0.15, -0.1) is 0 Å². The normalized spacial score (nSPS) is 12.9. The Labute approximate surface area is 115 Å². The Morgan fingerprint density at radius 3 is 2.89 bits per heavy atom. The minimum Gasteiger partial charge on any atom is -0.472 e. The maximum Gasteiger partial charge on any atom is 0.0950 e. The van der Waals surface area contributed by atoms with Gasteiger partial charge in [-0.05, 0) is 42.9 Å². The van der Waals surface area contributed by atoms with Crippen LogP contribution < -0.4 is 5.32 Å². The van der Waals surface area contributed by atoms with Crippen molar-refractivity contribution < 1.29 is 4.42 Å². The van der Waals surface area contributed by atoms with Crippen molar-refractivity contribution in [2.75, 3.05) is 7.05 Å². The first-order valence-electron chi connectivity index (χ1n) is 6.08. The number of nitrogens with zero attached hydrogens (tertiary/aromatic N) is 2. The van der Waals surface area contributed by atoms with Crippen LogP contribution in [0.1, 0.15) is 29.9 Å². The van der Waals surface area contributed by atoms with E-state index < -0.39 is 0 Å². The lowest BCUT2D eigenvalue weighted by molar-refractivity contribution is 0.522. The topological polar surface area (TPSA) is 43.0 Å². The Bertz CT molecular complexity index is 505. The Morgan fingerprint density at radius 2 is 2.33 bits per heavy atom. The van der Waals surface area contributed by atoms with Gasteiger partial charge in [0, 0.05) is 24.6 Å². The quantitative estimate of drug-likeness (QED) is 0.923. The Kier molecular flexibility index (Phi) is 4.24. The van der Waals surface area contributed by atoms with Gasteiger partial charge in [-0.1, -0.05) is 0 Å². The smallest absolute Gasteiger partial charge is 0.0950 e. The Balaban J connectivity index is 2.27. The van der Waals surface area contributed by atoms with Crippen molar-refractivity contribution in [3.63, 3.8) is 0 Å². The average Bonchev–Trinajstić information content (AvgIpc) is 2.98. The maximum absolute atomic E-state index is 5.15. The molecule has 2 aromatic heterocycles. The molecule has 0 saturated heterocycles. The van der Waals surface area contributed by atoms with Gasteiger partial charge in [0.2, 0.25) is 0 Å². The molecule has 98 valence electrons. The summed E-state index contributed by atoms with van der Waals surface area (Å²) < 4.78 is 8.30. The monoisotopic (exact) mass is 311 g/mol. The van der Waals surface area contributed by atoms with Crippen LogP contribution in [0.25, 0.3) is 0 Å². The van der Waals surface area contributed by atoms with Crippen LogP contribution in [0.2, 0.25) is 0 Å². The number of rotatable bonds is 5. The lowest BCUT2D eigenvalue weighted by atomic mass is 10.1. The van der Waals surface area contributed by atoms with E-state index in [-0.39, 0.29) is 6.04 Å². The van der Waals surface area contributed by atoms with Crippen LogP contribution >= 0.6 is 15.9 Å². The van der Waals surface area contributed by atoms with Gasteiger partial charge in [-0.3, -0.25) is 4.68 Å². The van der Waals surface area contributed by atoms with Crippen molar-refractivity contribution in [2.45, 2.75) is 32.9 Å². The lowest BCUT2D eigenvalue weighted by Gasteiger charge is -2.15. The highest BCUT2D eigenvalue weighted by molar-refractivity contribution is 9.10. The molecular weight excluding hydrogens is 294 g/mol. The van der Waals surface area contributed by atoms with E-state index in [0.29, 0.717) is 0 Å². The summed E-state index contributed by atoms with van der Waals surface area (Å²) in [5.74, 6) is 0. The molecule has 1 N–H and O–H groups in total. The van der Waals surface area contributed by atoms with E-state index in [1.54, 1.807) is 12.5 Å². The highest BCUT2D eigenvalue weighted by Crippen LogP contribution is 2.26. The van der Waals surface area contributed by atoms with Gasteiger partial charge in [0.15, 0.2) is 0 Å². The average molecular weight is 312 g/mol. The molecule has 0 saturated carbocycles. The summed E-state index contributed by atoms with van der Waals surface area (Å²) >= 11 is 3.63. The molecule has 0 aromatic carbocycles. The highest BCUT2D eigenvalue weighted by atomic mass is 79.9. The molecule has 0 aliphatic carbocycles. The summed E-state index contributed by atoms with van der Waals surface area (Å²) in [4.78, 5) is 0. The fraction of sp³-hybridized carbons (Fsp3) is 0.462. The Morgan fingerprint density at radius 1 is 1.56 bits per heavy atom. The van der Waals surface area contributed by atoms with E-state index in [9.17, 15) is 0 Å². The standard InChI is InChI=1S/C13H18BrN3O/c1-4-17-12(13(14)9(2)16-17)7-11(15-3)10-5-6-18-8-10/h5-6,8,11,15H,4,7H2,1-3H3. The van der Waals surface area contributed by atoms with E-state index >= 15 is 0 Å². The highest BCUT2D eigenvalue weighted by Gasteiger charge is 2.18. The molecule has 0 amide bonds. The SMILES string of the molecule is CCn1nc(C)c(Br)c1CC(NC)c1ccoc1. The molecule has 0 bridgehead atoms. The molecule has 0 spiro atoms. The van der Waals surface area contributed by atoms with E-state index in [0.717, 1.165) is 28.7 Å². The summed E-state index contributed by atoms with van der Waals surface area (Å²) in [7, 11) is 1.96. The number of furan rings is 1. The van der Waals surface area contributed by atoms with Gasteiger partial charge in [0.25, 0.3) is 0 Å². The predicted molar refractivity (Wildman–Crippen MR) is 74.6 cm³/mol. The van der Waals surface area contributed by atoms with Crippen LogP contribution in [0.5, 0.6) is 0 Å². The first-order valence-corrected chi connectivity index (χ1v) is 6.87. The van der Waals surface area contributed by atoms with Crippen LogP contribution in [0.3, 0.4) is 0 Å². The van der Waals surface area contributed by atoms with E-state index in [2.05, 4.69) is 33.3 Å². The Hall–Kier alpha value is -1.07. The van der Waals surface area contributed by atoms with Crippen LogP contribution in [-0.2, 0) is 13.0 Å². The summed E-state index contributed by atoms with van der Waals surface area (Å²) in [5, 5.41) is 7.83. The van der Waals surface area contributed by atoms with E-state index in [1.165, 1.54) is 5.69 Å². The zero-order chi connectivity index (χ0) is 13.1. The summed E-state index contributed by atoms with van der Waals surface area (Å²) in [6.07, 6.45) is 4.37. The molecule has 18 heavy (non-hydrogen) atoms. The minimum atomic E-state index is 0.237. The molecule has 2 aromatic rings. The predicted octanol–water partition coefficient (Wildman–Crippen LogP) is 3.07. The molecule has 2 heterocycles. The van der Waals surface area contributed by atoms with Crippen molar-refractivity contribution in [1.82, 2.24) is 15.1 Å². The molecule has 4 nitrogen and oxygen atoms in total. The number of hydrogen-bond donors (Lipinski definition) is 1. The van der Waals surface area contributed by atoms with Crippen LogP contribution in [0, 0.1) is 6.92 Å². The van der Waals surface area contributed by atoms with Crippen LogP contribution in [-0.4, -0.2) is 16.8 Å². The third-order valence-electron chi connectivity index (χ3n) is 3.14. The number of hydrogen-bond acceptors (Lipinski definition) is 3. The summed E-state index contributed by atoms with van der Waals surface area (Å²) in [5.41, 5.74) is 3.41. The van der Waals surface area contributed by atoms with Gasteiger partial charge in [-0.2, -0.15) is 5.10 Å². The van der Waals surface area contributed by atoms with E-state index in [4.69, 9.17) is 4.42 Å². The molecule has 1 unspecified atom stereocenters. The second-order valence-electron chi connectivity index (χ2n) is 4.26. The molecule has 2 rings (SSSR count). The molecule has 0 aliphatic rings. The lowest BCUT2D eigenvalue weighted by Crippen LogP contribution is -2.20. The molecule has 1 atom stereocenters. The molecule has 0 fully saturated rings. The van der Waals surface area contributed by atoms with Crippen molar-refractivity contribution in [3.05, 3.63) is 40.0 Å². The summed E-state index contributed by atoms with van der Waals surface area (Å²) in [6.45, 7) is 5.00. The van der Waals surface area contributed by atoms with Gasteiger partial charge < -0.3 is 9.73 Å². The molecular formula is C13H18BrN3O. The molecule has 5 heteroatoms. The van der Waals surface area contributed by atoms with Crippen LogP contribution in [0.15, 0.2) is 27.5 Å². The van der Waals surface area contributed by atoms with Crippen LogP contribution in [0.4, 0.5) is 0 Å². The second kappa shape index (κ2) is 5.71. The van der Waals surface area contributed by atoms with Crippen molar-refractivity contribution >= 4 is 15.9 Å². The third-order valence-corrected chi connectivity index (χ3v) is 4.18. The summed E-state index contributed by atoms with van der Waals surface area (Å²) in [6, 6.07) is 2.23. The zero-order valence-electron chi connectivity index (χ0n) is 10.9. The van der Waals surface area contributed by atoms with Gasteiger partial charge in [0.05, 0.1) is 28.4 Å². The number of likely N-dealkylation sites (N-methyl/N-ethyl adjacent to an activating group) is 1. The molecule has 0 radical (unpaired) electrons.